The minimum Gasteiger partial charge on any atom is -0.496 e. The Labute approximate surface area is 186 Å². The van der Waals surface area contributed by atoms with Gasteiger partial charge in [-0.05, 0) is 39.7 Å². The maximum Gasteiger partial charge on any atom is 0.324 e. The molecule has 4 amide bonds. The summed E-state index contributed by atoms with van der Waals surface area (Å²) in [6.07, 6.45) is 0.271. The van der Waals surface area contributed by atoms with Gasteiger partial charge in [-0.3, -0.25) is 24.6 Å². The summed E-state index contributed by atoms with van der Waals surface area (Å²) in [6.45, 7) is 5.38. The maximum atomic E-state index is 13.5. The van der Waals surface area contributed by atoms with Gasteiger partial charge in [0.05, 0.1) is 18.9 Å². The molecule has 4 unspecified atom stereocenters. The standard InChI is InChI=1S/C22H30N4O6/c1-21(2,3)26-17(27)14-15(18(26)28)22(19(29)30,10-7-11-24-20(23)31)25-16(14)12-8-5-6-9-13(12)32-4/h5-6,8-9,14-16,25H,7,10-11H2,1-4H3,(H,29,30)(H3,23,24,31). The van der Waals surface area contributed by atoms with Crippen LogP contribution >= 0.6 is 0 Å². The second-order valence-corrected chi connectivity index (χ2v) is 9.22. The van der Waals surface area contributed by atoms with Crippen LogP contribution in [-0.4, -0.2) is 58.6 Å². The second-order valence-electron chi connectivity index (χ2n) is 9.22. The second kappa shape index (κ2) is 8.42. The van der Waals surface area contributed by atoms with Crippen LogP contribution in [0.4, 0.5) is 4.79 Å². The third-order valence-electron chi connectivity index (χ3n) is 6.23. The lowest BCUT2D eigenvalue weighted by atomic mass is 9.77. The molecule has 4 atom stereocenters. The quantitative estimate of drug-likeness (QED) is 0.360. The molecular weight excluding hydrogens is 416 g/mol. The van der Waals surface area contributed by atoms with E-state index in [1.165, 1.54) is 12.0 Å². The number of nitrogens with zero attached hydrogens (tertiary/aromatic N) is 1. The van der Waals surface area contributed by atoms with E-state index in [9.17, 15) is 24.3 Å². The number of carboxylic acids is 1. The Hall–Kier alpha value is -3.14. The summed E-state index contributed by atoms with van der Waals surface area (Å²) in [7, 11) is 1.49. The van der Waals surface area contributed by atoms with E-state index in [0.717, 1.165) is 0 Å². The number of amides is 4. The number of carboxylic acid groups (broad SMARTS) is 1. The molecule has 2 aliphatic heterocycles. The lowest BCUT2D eigenvalue weighted by Gasteiger charge is -2.35. The number of rotatable bonds is 7. The first-order chi connectivity index (χ1) is 15.0. The Bertz CT molecular complexity index is 943. The molecule has 2 aliphatic rings. The Balaban J connectivity index is 2.10. The van der Waals surface area contributed by atoms with Crippen LogP contribution in [-0.2, 0) is 14.4 Å². The van der Waals surface area contributed by atoms with E-state index in [1.807, 2.05) is 0 Å². The van der Waals surface area contributed by atoms with E-state index in [-0.39, 0.29) is 19.4 Å². The van der Waals surface area contributed by atoms with Crippen LogP contribution < -0.4 is 21.1 Å². The molecule has 0 aliphatic carbocycles. The summed E-state index contributed by atoms with van der Waals surface area (Å²) in [5, 5.41) is 15.9. The van der Waals surface area contributed by atoms with Gasteiger partial charge in [0, 0.05) is 23.7 Å². The van der Waals surface area contributed by atoms with E-state index in [0.29, 0.717) is 11.3 Å². The number of urea groups is 1. The Morgan fingerprint density at radius 3 is 2.47 bits per heavy atom. The lowest BCUT2D eigenvalue weighted by Crippen LogP contribution is -2.57. The molecule has 32 heavy (non-hydrogen) atoms. The van der Waals surface area contributed by atoms with Crippen molar-refractivity contribution in [1.82, 2.24) is 15.5 Å². The number of para-hydroxylation sites is 1. The van der Waals surface area contributed by atoms with Crippen LogP contribution in [0.15, 0.2) is 24.3 Å². The van der Waals surface area contributed by atoms with Crippen molar-refractivity contribution in [3.63, 3.8) is 0 Å². The molecule has 10 heteroatoms. The molecule has 2 heterocycles. The summed E-state index contributed by atoms with van der Waals surface area (Å²) >= 11 is 0. The summed E-state index contributed by atoms with van der Waals surface area (Å²) in [5.74, 6) is -3.65. The molecule has 10 nitrogen and oxygen atoms in total. The molecule has 3 rings (SSSR count). The Kier molecular flexibility index (Phi) is 6.19. The fourth-order valence-electron chi connectivity index (χ4n) is 4.97. The molecule has 0 bridgehead atoms. The third-order valence-corrected chi connectivity index (χ3v) is 6.23. The van der Waals surface area contributed by atoms with Gasteiger partial charge in [0.15, 0.2) is 0 Å². The van der Waals surface area contributed by atoms with Crippen molar-refractivity contribution >= 4 is 23.8 Å². The molecule has 1 aromatic rings. The minimum absolute atomic E-state index is 0.0203. The van der Waals surface area contributed by atoms with Gasteiger partial charge >= 0.3 is 12.0 Å². The van der Waals surface area contributed by atoms with E-state index in [2.05, 4.69) is 10.6 Å². The van der Waals surface area contributed by atoms with E-state index < -0.39 is 52.8 Å². The molecule has 2 saturated heterocycles. The van der Waals surface area contributed by atoms with Crippen molar-refractivity contribution in [3.05, 3.63) is 29.8 Å². The van der Waals surface area contributed by atoms with Crippen molar-refractivity contribution in [2.75, 3.05) is 13.7 Å². The molecule has 174 valence electrons. The number of hydrogen-bond donors (Lipinski definition) is 4. The van der Waals surface area contributed by atoms with Gasteiger partial charge in [-0.15, -0.1) is 0 Å². The molecule has 2 fully saturated rings. The van der Waals surface area contributed by atoms with Crippen molar-refractivity contribution in [2.45, 2.75) is 50.7 Å². The Morgan fingerprint density at radius 2 is 1.91 bits per heavy atom. The number of nitrogens with one attached hydrogen (secondary N) is 2. The highest BCUT2D eigenvalue weighted by atomic mass is 16.5. The van der Waals surface area contributed by atoms with Gasteiger partial charge in [-0.1, -0.05) is 18.2 Å². The number of carbonyl (C=O) groups is 4. The van der Waals surface area contributed by atoms with Gasteiger partial charge in [0.25, 0.3) is 0 Å². The number of aliphatic carboxylic acids is 1. The molecule has 0 spiro atoms. The number of methoxy groups -OCH3 is 1. The number of likely N-dealkylation sites (tertiary alicyclic amines) is 1. The summed E-state index contributed by atoms with van der Waals surface area (Å²) < 4.78 is 5.46. The molecule has 0 aromatic heterocycles. The molecular formula is C22H30N4O6. The highest BCUT2D eigenvalue weighted by Gasteiger charge is 2.69. The first kappa shape index (κ1) is 23.5. The number of imide groups is 1. The summed E-state index contributed by atoms with van der Waals surface area (Å²) in [6, 6.07) is 5.58. The minimum atomic E-state index is -1.69. The first-order valence-corrected chi connectivity index (χ1v) is 10.5. The predicted octanol–water partition coefficient (Wildman–Crippen LogP) is 1.01. The van der Waals surface area contributed by atoms with Crippen LogP contribution in [0.2, 0.25) is 0 Å². The zero-order valence-electron chi connectivity index (χ0n) is 18.7. The number of ether oxygens (including phenoxy) is 1. The van der Waals surface area contributed by atoms with Gasteiger partial charge in [-0.25, -0.2) is 4.79 Å². The monoisotopic (exact) mass is 446 g/mol. The third kappa shape index (κ3) is 3.79. The van der Waals surface area contributed by atoms with Crippen LogP contribution in [0, 0.1) is 11.8 Å². The first-order valence-electron chi connectivity index (χ1n) is 10.5. The number of primary amides is 1. The van der Waals surface area contributed by atoms with Crippen molar-refractivity contribution in [3.8, 4) is 5.75 Å². The van der Waals surface area contributed by atoms with Gasteiger partial charge in [0.1, 0.15) is 11.3 Å². The smallest absolute Gasteiger partial charge is 0.324 e. The maximum absolute atomic E-state index is 13.5. The highest BCUT2D eigenvalue weighted by Crippen LogP contribution is 2.52. The zero-order valence-corrected chi connectivity index (χ0v) is 18.7. The Morgan fingerprint density at radius 1 is 1.25 bits per heavy atom. The van der Waals surface area contributed by atoms with Gasteiger partial charge < -0.3 is 20.9 Å². The van der Waals surface area contributed by atoms with Gasteiger partial charge in [-0.2, -0.15) is 0 Å². The molecule has 5 N–H and O–H groups in total. The van der Waals surface area contributed by atoms with Crippen molar-refractivity contribution in [1.29, 1.82) is 0 Å². The summed E-state index contributed by atoms with van der Waals surface area (Å²) in [5.41, 5.74) is 3.22. The molecule has 0 saturated carbocycles. The zero-order chi connectivity index (χ0) is 23.8. The number of hydrogen-bond acceptors (Lipinski definition) is 6. The van der Waals surface area contributed by atoms with Gasteiger partial charge in [0.2, 0.25) is 11.8 Å². The lowest BCUT2D eigenvalue weighted by molar-refractivity contribution is -0.154. The summed E-state index contributed by atoms with van der Waals surface area (Å²) in [4.78, 5) is 51.9. The average molecular weight is 447 g/mol. The number of fused-ring (bicyclic) bond motifs is 1. The number of nitrogens with two attached hydrogens (primary N) is 1. The predicted molar refractivity (Wildman–Crippen MR) is 115 cm³/mol. The molecule has 0 radical (unpaired) electrons. The van der Waals surface area contributed by atoms with E-state index in [1.54, 1.807) is 45.0 Å². The van der Waals surface area contributed by atoms with E-state index in [4.69, 9.17) is 10.5 Å². The largest absolute Gasteiger partial charge is 0.496 e. The van der Waals surface area contributed by atoms with Crippen molar-refractivity contribution in [2.24, 2.45) is 17.6 Å². The van der Waals surface area contributed by atoms with Crippen molar-refractivity contribution < 1.29 is 29.0 Å². The fourth-order valence-corrected chi connectivity index (χ4v) is 4.97. The van der Waals surface area contributed by atoms with Crippen LogP contribution in [0.5, 0.6) is 5.75 Å². The number of benzene rings is 1. The SMILES string of the molecule is COc1ccccc1C1NC(CCCNC(N)=O)(C(=O)O)C2C(=O)N(C(C)(C)C)C(=O)C12. The average Bonchev–Trinajstić information content (AvgIpc) is 3.19. The van der Waals surface area contributed by atoms with Crippen LogP contribution in [0.3, 0.4) is 0 Å². The topological polar surface area (TPSA) is 151 Å². The normalized spacial score (nSPS) is 27.4. The molecule has 1 aromatic carbocycles. The highest BCUT2D eigenvalue weighted by molar-refractivity contribution is 6.10. The van der Waals surface area contributed by atoms with E-state index >= 15 is 0 Å². The fraction of sp³-hybridized carbons (Fsp3) is 0.545. The van der Waals surface area contributed by atoms with Crippen LogP contribution in [0.25, 0.3) is 0 Å². The van der Waals surface area contributed by atoms with Crippen LogP contribution in [0.1, 0.15) is 45.2 Å². The number of carbonyl (C=O) groups excluding carboxylic acids is 3.